The molecule has 0 aliphatic heterocycles. The predicted octanol–water partition coefficient (Wildman–Crippen LogP) is 12.4. The molecule has 0 aliphatic carbocycles. The molecule has 0 spiro atoms. The van der Waals surface area contributed by atoms with Crippen molar-refractivity contribution in [3.63, 3.8) is 0 Å². The molecule has 248 valence electrons. The van der Waals surface area contributed by atoms with Crippen LogP contribution in [0.5, 0.6) is 0 Å². The molecule has 0 aliphatic rings. The molecule has 0 saturated heterocycles. The second-order valence-corrected chi connectivity index (χ2v) is 13.3. The molecule has 0 fully saturated rings. The Morgan fingerprint density at radius 3 is 1.62 bits per heavy atom. The first-order chi connectivity index (χ1) is 26.3. The van der Waals surface area contributed by atoms with Crippen LogP contribution in [0.4, 0.5) is 0 Å². The predicted molar refractivity (Wildman–Crippen MR) is 218 cm³/mol. The average Bonchev–Trinajstić information content (AvgIpc) is 3.63. The van der Waals surface area contributed by atoms with Crippen molar-refractivity contribution in [2.24, 2.45) is 0 Å². The maximum absolute atomic E-state index is 5.06. The van der Waals surface area contributed by atoms with Gasteiger partial charge in [-0.3, -0.25) is 4.40 Å². The monoisotopic (exact) mass is 676 g/mol. The molecule has 0 atom stereocenters. The highest BCUT2D eigenvalue weighted by atomic mass is 15.1. The van der Waals surface area contributed by atoms with Crippen LogP contribution in [-0.2, 0) is 0 Å². The summed E-state index contributed by atoms with van der Waals surface area (Å²) in [5.41, 5.74) is 13.5. The van der Waals surface area contributed by atoms with Gasteiger partial charge >= 0.3 is 0 Å². The zero-order chi connectivity index (χ0) is 35.1. The van der Waals surface area contributed by atoms with E-state index in [1.807, 2.05) is 30.3 Å². The molecule has 0 amide bonds. The number of nitrogens with zero attached hydrogens (tertiary/aromatic N) is 4. The molecule has 3 heterocycles. The highest BCUT2D eigenvalue weighted by molar-refractivity contribution is 6.03. The van der Waals surface area contributed by atoms with Crippen molar-refractivity contribution in [3.05, 3.63) is 194 Å². The van der Waals surface area contributed by atoms with E-state index < -0.39 is 0 Å². The molecule has 3 aromatic heterocycles. The Morgan fingerprint density at radius 2 is 0.887 bits per heavy atom. The normalized spacial score (nSPS) is 11.4. The first-order valence-corrected chi connectivity index (χ1v) is 17.9. The summed E-state index contributed by atoms with van der Waals surface area (Å²) in [5.74, 6) is 0. The SMILES string of the molecule is c1ccc(-c2nc3ccccn3c2-c2ccc(-c3cc(-c4cccc5ccccc45)cc(-c4nnc(-c5ccccc5)c5ccccc45)c3)cc2)cc1. The number of benzene rings is 7. The van der Waals surface area contributed by atoms with E-state index >= 15 is 0 Å². The number of hydrogen-bond donors (Lipinski definition) is 0. The third-order valence-corrected chi connectivity index (χ3v) is 10.1. The molecule has 4 nitrogen and oxygen atoms in total. The van der Waals surface area contributed by atoms with Crippen LogP contribution in [0.15, 0.2) is 194 Å². The zero-order valence-corrected chi connectivity index (χ0v) is 28.8. The lowest BCUT2D eigenvalue weighted by Crippen LogP contribution is -1.96. The van der Waals surface area contributed by atoms with Crippen molar-refractivity contribution < 1.29 is 0 Å². The first-order valence-electron chi connectivity index (χ1n) is 17.9. The van der Waals surface area contributed by atoms with Gasteiger partial charge in [-0.1, -0.05) is 158 Å². The Bertz CT molecular complexity index is 2920. The van der Waals surface area contributed by atoms with E-state index in [9.17, 15) is 0 Å². The lowest BCUT2D eigenvalue weighted by atomic mass is 9.91. The number of fused-ring (bicyclic) bond motifs is 3. The van der Waals surface area contributed by atoms with E-state index in [2.05, 4.69) is 168 Å². The smallest absolute Gasteiger partial charge is 0.137 e. The van der Waals surface area contributed by atoms with Crippen LogP contribution in [0.1, 0.15) is 0 Å². The Kier molecular flexibility index (Phi) is 7.43. The van der Waals surface area contributed by atoms with Crippen molar-refractivity contribution >= 4 is 27.2 Å². The summed E-state index contributed by atoms with van der Waals surface area (Å²) >= 11 is 0. The zero-order valence-electron chi connectivity index (χ0n) is 28.8. The van der Waals surface area contributed by atoms with E-state index in [1.165, 1.54) is 16.3 Å². The molecule has 53 heavy (non-hydrogen) atoms. The number of aromatic nitrogens is 4. The van der Waals surface area contributed by atoms with Gasteiger partial charge in [0.25, 0.3) is 0 Å². The van der Waals surface area contributed by atoms with Crippen LogP contribution in [-0.4, -0.2) is 19.6 Å². The standard InChI is InChI=1S/C49H32N4/c1-3-15-35(16-4-1)46-43-21-9-10-22-44(43)47(52-51-46)40-31-38(30-39(32-40)42-23-13-19-34-14-7-8-20-41(34)42)33-25-27-37(28-26-33)49-48(36-17-5-2-6-18-36)50-45-24-11-12-29-53(45)49/h1-32H. The van der Waals surface area contributed by atoms with Crippen LogP contribution < -0.4 is 0 Å². The van der Waals surface area contributed by atoms with Crippen molar-refractivity contribution in [1.29, 1.82) is 0 Å². The van der Waals surface area contributed by atoms with Gasteiger partial charge in [-0.25, -0.2) is 4.98 Å². The molecule has 0 radical (unpaired) electrons. The average molecular weight is 677 g/mol. The molecule has 0 unspecified atom stereocenters. The second kappa shape index (κ2) is 12.9. The van der Waals surface area contributed by atoms with Crippen LogP contribution in [0.2, 0.25) is 0 Å². The van der Waals surface area contributed by atoms with Gasteiger partial charge in [-0.05, 0) is 63.4 Å². The molecule has 0 saturated carbocycles. The Hall–Kier alpha value is -7.17. The maximum Gasteiger partial charge on any atom is 0.137 e. The second-order valence-electron chi connectivity index (χ2n) is 13.3. The number of pyridine rings is 1. The molecule has 0 bridgehead atoms. The van der Waals surface area contributed by atoms with Gasteiger partial charge in [0.2, 0.25) is 0 Å². The van der Waals surface area contributed by atoms with Gasteiger partial charge in [0, 0.05) is 39.2 Å². The first kappa shape index (κ1) is 30.6. The molecule has 10 rings (SSSR count). The van der Waals surface area contributed by atoms with Crippen molar-refractivity contribution in [1.82, 2.24) is 19.6 Å². The lowest BCUT2D eigenvalue weighted by molar-refractivity contribution is 1.06. The quantitative estimate of drug-likeness (QED) is 0.176. The van der Waals surface area contributed by atoms with E-state index in [1.54, 1.807) is 0 Å². The minimum atomic E-state index is 0.860. The van der Waals surface area contributed by atoms with E-state index in [4.69, 9.17) is 15.2 Å². The van der Waals surface area contributed by atoms with E-state index in [0.717, 1.165) is 78.1 Å². The molecule has 4 heteroatoms. The topological polar surface area (TPSA) is 43.1 Å². The summed E-state index contributed by atoms with van der Waals surface area (Å²) in [6, 6.07) is 66.2. The number of imidazole rings is 1. The lowest BCUT2D eigenvalue weighted by Gasteiger charge is -2.15. The number of rotatable bonds is 6. The highest BCUT2D eigenvalue weighted by Gasteiger charge is 2.18. The molecular weight excluding hydrogens is 645 g/mol. The Balaban J connectivity index is 1.15. The Morgan fingerprint density at radius 1 is 0.340 bits per heavy atom. The third kappa shape index (κ3) is 5.45. The summed E-state index contributed by atoms with van der Waals surface area (Å²) in [5, 5.41) is 14.4. The Labute approximate surface area is 307 Å². The molecule has 0 N–H and O–H groups in total. The fourth-order valence-corrected chi connectivity index (χ4v) is 7.58. The summed E-state index contributed by atoms with van der Waals surface area (Å²) in [7, 11) is 0. The van der Waals surface area contributed by atoms with Gasteiger partial charge in [0.1, 0.15) is 17.0 Å². The fourth-order valence-electron chi connectivity index (χ4n) is 7.58. The van der Waals surface area contributed by atoms with Crippen molar-refractivity contribution in [2.75, 3.05) is 0 Å². The minimum Gasteiger partial charge on any atom is -0.299 e. The third-order valence-electron chi connectivity index (χ3n) is 10.1. The van der Waals surface area contributed by atoms with Crippen LogP contribution in [0.25, 0.3) is 94.5 Å². The number of hydrogen-bond acceptors (Lipinski definition) is 3. The van der Waals surface area contributed by atoms with E-state index in [0.29, 0.717) is 0 Å². The maximum atomic E-state index is 5.06. The highest BCUT2D eigenvalue weighted by Crippen LogP contribution is 2.40. The van der Waals surface area contributed by atoms with Crippen LogP contribution in [0.3, 0.4) is 0 Å². The largest absolute Gasteiger partial charge is 0.299 e. The summed E-state index contributed by atoms with van der Waals surface area (Å²) in [4.78, 5) is 5.06. The minimum absolute atomic E-state index is 0.860. The van der Waals surface area contributed by atoms with Gasteiger partial charge < -0.3 is 0 Å². The van der Waals surface area contributed by atoms with Gasteiger partial charge in [0.05, 0.1) is 11.4 Å². The van der Waals surface area contributed by atoms with Gasteiger partial charge in [-0.2, -0.15) is 0 Å². The van der Waals surface area contributed by atoms with Gasteiger partial charge in [0.15, 0.2) is 0 Å². The van der Waals surface area contributed by atoms with E-state index in [-0.39, 0.29) is 0 Å². The summed E-state index contributed by atoms with van der Waals surface area (Å²) < 4.78 is 2.18. The summed E-state index contributed by atoms with van der Waals surface area (Å²) in [6.45, 7) is 0. The molecule has 10 aromatic rings. The molecular formula is C49H32N4. The van der Waals surface area contributed by atoms with Crippen LogP contribution >= 0.6 is 0 Å². The van der Waals surface area contributed by atoms with Crippen molar-refractivity contribution in [3.8, 4) is 67.3 Å². The summed E-state index contributed by atoms with van der Waals surface area (Å²) in [6.07, 6.45) is 2.09. The molecule has 7 aromatic carbocycles. The fraction of sp³-hybridized carbons (Fsp3) is 0. The van der Waals surface area contributed by atoms with Gasteiger partial charge in [-0.15, -0.1) is 10.2 Å². The van der Waals surface area contributed by atoms with Crippen molar-refractivity contribution in [2.45, 2.75) is 0 Å². The van der Waals surface area contributed by atoms with Crippen LogP contribution in [0, 0.1) is 0 Å².